The molecule has 0 atom stereocenters. The van der Waals surface area contributed by atoms with Crippen molar-refractivity contribution in [2.24, 2.45) is 0 Å². The van der Waals surface area contributed by atoms with Crippen LogP contribution in [0.1, 0.15) is 39.1 Å². The average molecular weight is 337 g/mol. The van der Waals surface area contributed by atoms with Gasteiger partial charge in [-0.1, -0.05) is 42.5 Å². The molecule has 0 saturated carbocycles. The van der Waals surface area contributed by atoms with E-state index in [1.54, 1.807) is 53.4 Å². The van der Waals surface area contributed by atoms with Crippen molar-refractivity contribution in [3.63, 3.8) is 0 Å². The second-order valence-corrected chi connectivity index (χ2v) is 5.94. The number of benzene rings is 2. The Labute approximate surface area is 146 Å². The molecule has 0 aromatic heterocycles. The number of nitrogens with zero attached hydrogens (tertiary/aromatic N) is 1. The lowest BCUT2D eigenvalue weighted by molar-refractivity contribution is -0.133. The van der Waals surface area contributed by atoms with Crippen LogP contribution in [0.3, 0.4) is 0 Å². The summed E-state index contributed by atoms with van der Waals surface area (Å²) in [6, 6.07) is 15.2. The number of likely N-dealkylation sites (tertiary alicyclic amines) is 1. The molecule has 128 valence electrons. The van der Waals surface area contributed by atoms with Gasteiger partial charge in [-0.2, -0.15) is 0 Å². The molecule has 2 aromatic carbocycles. The number of esters is 1. The summed E-state index contributed by atoms with van der Waals surface area (Å²) in [6.07, 6.45) is 1.99. The first-order chi connectivity index (χ1) is 12.1. The van der Waals surface area contributed by atoms with Gasteiger partial charge in [0.2, 0.25) is 0 Å². The standard InChI is InChI=1S/C20H19NO4/c22-18(21-12-4-5-13-21)14-25-20(24)17-10-8-16(9-11-17)19(23)15-6-2-1-3-7-15/h1-3,6-11H,4-5,12-14H2. The summed E-state index contributed by atoms with van der Waals surface area (Å²) >= 11 is 0. The Hall–Kier alpha value is -2.95. The number of rotatable bonds is 5. The number of ketones is 1. The summed E-state index contributed by atoms with van der Waals surface area (Å²) in [5.41, 5.74) is 1.41. The first-order valence-electron chi connectivity index (χ1n) is 8.30. The molecule has 1 saturated heterocycles. The lowest BCUT2D eigenvalue weighted by Crippen LogP contribution is -2.32. The van der Waals surface area contributed by atoms with E-state index in [9.17, 15) is 14.4 Å². The molecule has 5 heteroatoms. The largest absolute Gasteiger partial charge is 0.452 e. The third-order valence-corrected chi connectivity index (χ3v) is 4.20. The van der Waals surface area contributed by atoms with Crippen LogP contribution in [-0.4, -0.2) is 42.3 Å². The van der Waals surface area contributed by atoms with Crippen LogP contribution in [0.15, 0.2) is 54.6 Å². The quantitative estimate of drug-likeness (QED) is 0.622. The van der Waals surface area contributed by atoms with Crippen LogP contribution < -0.4 is 0 Å². The van der Waals surface area contributed by atoms with Crippen LogP contribution in [-0.2, 0) is 9.53 Å². The summed E-state index contributed by atoms with van der Waals surface area (Å²) in [4.78, 5) is 37.9. The van der Waals surface area contributed by atoms with E-state index in [1.807, 2.05) is 6.07 Å². The second kappa shape index (κ2) is 7.75. The van der Waals surface area contributed by atoms with Gasteiger partial charge in [-0.15, -0.1) is 0 Å². The van der Waals surface area contributed by atoms with E-state index >= 15 is 0 Å². The SMILES string of the molecule is O=C(OCC(=O)N1CCCC1)c1ccc(C(=O)c2ccccc2)cc1. The van der Waals surface area contributed by atoms with E-state index in [1.165, 1.54) is 0 Å². The molecule has 1 aliphatic heterocycles. The molecular formula is C20H19NO4. The summed E-state index contributed by atoms with van der Waals surface area (Å²) in [5.74, 6) is -0.835. The fourth-order valence-corrected chi connectivity index (χ4v) is 2.78. The fourth-order valence-electron chi connectivity index (χ4n) is 2.78. The highest BCUT2D eigenvalue weighted by Gasteiger charge is 2.19. The minimum atomic E-state index is -0.564. The number of hydrogen-bond donors (Lipinski definition) is 0. The van der Waals surface area contributed by atoms with Crippen molar-refractivity contribution in [2.45, 2.75) is 12.8 Å². The van der Waals surface area contributed by atoms with Gasteiger partial charge in [0.15, 0.2) is 12.4 Å². The molecular weight excluding hydrogens is 318 g/mol. The molecule has 0 spiro atoms. The Morgan fingerprint density at radius 2 is 1.36 bits per heavy atom. The zero-order valence-corrected chi connectivity index (χ0v) is 13.8. The van der Waals surface area contributed by atoms with Gasteiger partial charge >= 0.3 is 5.97 Å². The summed E-state index contributed by atoms with van der Waals surface area (Å²) in [7, 11) is 0. The summed E-state index contributed by atoms with van der Waals surface area (Å²) in [5, 5.41) is 0. The van der Waals surface area contributed by atoms with Gasteiger partial charge < -0.3 is 9.64 Å². The molecule has 0 bridgehead atoms. The van der Waals surface area contributed by atoms with Crippen LogP contribution >= 0.6 is 0 Å². The van der Waals surface area contributed by atoms with Crippen molar-refractivity contribution >= 4 is 17.7 Å². The molecule has 5 nitrogen and oxygen atoms in total. The Morgan fingerprint density at radius 1 is 0.800 bits per heavy atom. The normalized spacial score (nSPS) is 13.5. The van der Waals surface area contributed by atoms with Crippen molar-refractivity contribution in [3.05, 3.63) is 71.3 Å². The van der Waals surface area contributed by atoms with E-state index in [4.69, 9.17) is 4.74 Å². The van der Waals surface area contributed by atoms with Gasteiger partial charge in [0.05, 0.1) is 5.56 Å². The summed E-state index contributed by atoms with van der Waals surface area (Å²) < 4.78 is 5.07. The van der Waals surface area contributed by atoms with E-state index in [2.05, 4.69) is 0 Å². The van der Waals surface area contributed by atoms with Crippen molar-refractivity contribution in [2.75, 3.05) is 19.7 Å². The third kappa shape index (κ3) is 4.12. The topological polar surface area (TPSA) is 63.7 Å². The molecule has 25 heavy (non-hydrogen) atoms. The van der Waals surface area contributed by atoms with Crippen LogP contribution in [0.5, 0.6) is 0 Å². The van der Waals surface area contributed by atoms with Gasteiger partial charge in [-0.3, -0.25) is 9.59 Å². The summed E-state index contributed by atoms with van der Waals surface area (Å²) in [6.45, 7) is 1.21. The van der Waals surface area contributed by atoms with Crippen LogP contribution in [0, 0.1) is 0 Å². The fraction of sp³-hybridized carbons (Fsp3) is 0.250. The van der Waals surface area contributed by atoms with Crippen molar-refractivity contribution < 1.29 is 19.1 Å². The number of hydrogen-bond acceptors (Lipinski definition) is 4. The minimum Gasteiger partial charge on any atom is -0.452 e. The van der Waals surface area contributed by atoms with Gasteiger partial charge in [0, 0.05) is 24.2 Å². The Bertz CT molecular complexity index is 762. The van der Waals surface area contributed by atoms with Crippen LogP contribution in [0.25, 0.3) is 0 Å². The maximum Gasteiger partial charge on any atom is 0.338 e. The van der Waals surface area contributed by atoms with E-state index in [0.717, 1.165) is 25.9 Å². The van der Waals surface area contributed by atoms with Crippen molar-refractivity contribution in [3.8, 4) is 0 Å². The Balaban J connectivity index is 1.59. The number of ether oxygens (including phenoxy) is 1. The molecule has 1 amide bonds. The number of amides is 1. The van der Waals surface area contributed by atoms with Gasteiger partial charge in [0.1, 0.15) is 0 Å². The highest BCUT2D eigenvalue weighted by atomic mass is 16.5. The molecule has 0 N–H and O–H groups in total. The highest BCUT2D eigenvalue weighted by Crippen LogP contribution is 2.12. The van der Waals surface area contributed by atoms with Crippen LogP contribution in [0.4, 0.5) is 0 Å². The lowest BCUT2D eigenvalue weighted by Gasteiger charge is -2.14. The molecule has 0 radical (unpaired) electrons. The van der Waals surface area contributed by atoms with E-state index in [-0.39, 0.29) is 18.3 Å². The third-order valence-electron chi connectivity index (χ3n) is 4.20. The molecule has 1 heterocycles. The van der Waals surface area contributed by atoms with Gasteiger partial charge in [0.25, 0.3) is 5.91 Å². The Kier molecular flexibility index (Phi) is 5.23. The molecule has 3 rings (SSSR count). The molecule has 0 aliphatic carbocycles. The predicted octanol–water partition coefficient (Wildman–Crippen LogP) is 2.70. The molecule has 2 aromatic rings. The van der Waals surface area contributed by atoms with Crippen molar-refractivity contribution in [1.29, 1.82) is 0 Å². The Morgan fingerprint density at radius 3 is 2.00 bits per heavy atom. The van der Waals surface area contributed by atoms with Crippen LogP contribution in [0.2, 0.25) is 0 Å². The zero-order valence-electron chi connectivity index (χ0n) is 13.8. The predicted molar refractivity (Wildman–Crippen MR) is 92.4 cm³/mol. The first kappa shape index (κ1) is 16.9. The van der Waals surface area contributed by atoms with E-state index < -0.39 is 5.97 Å². The van der Waals surface area contributed by atoms with Gasteiger partial charge in [-0.25, -0.2) is 4.79 Å². The lowest BCUT2D eigenvalue weighted by atomic mass is 10.0. The second-order valence-electron chi connectivity index (χ2n) is 5.94. The number of carbonyl (C=O) groups is 3. The van der Waals surface area contributed by atoms with E-state index in [0.29, 0.717) is 16.7 Å². The highest BCUT2D eigenvalue weighted by molar-refractivity contribution is 6.09. The monoisotopic (exact) mass is 337 g/mol. The molecule has 1 fully saturated rings. The zero-order chi connectivity index (χ0) is 17.6. The van der Waals surface area contributed by atoms with Crippen molar-refractivity contribution in [1.82, 2.24) is 4.90 Å². The molecule has 1 aliphatic rings. The van der Waals surface area contributed by atoms with Gasteiger partial charge in [-0.05, 0) is 25.0 Å². The maximum atomic E-state index is 12.3. The maximum absolute atomic E-state index is 12.3. The number of carbonyl (C=O) groups excluding carboxylic acids is 3. The average Bonchev–Trinajstić information content (AvgIpc) is 3.21. The molecule has 0 unspecified atom stereocenters. The first-order valence-corrected chi connectivity index (χ1v) is 8.30. The smallest absolute Gasteiger partial charge is 0.338 e. The minimum absolute atomic E-state index is 0.107.